The SMILES string of the molecule is CCOC(=O)N[C@@H](CNC(=O)c1cccnc1NC(C)C)CC(C)C. The number of amides is 2. The summed E-state index contributed by atoms with van der Waals surface area (Å²) in [6.07, 6.45) is 1.92. The lowest BCUT2D eigenvalue weighted by Gasteiger charge is -2.21. The third kappa shape index (κ3) is 7.87. The quantitative estimate of drug-likeness (QED) is 0.637. The predicted octanol–water partition coefficient (Wildman–Crippen LogP) is 2.79. The van der Waals surface area contributed by atoms with E-state index in [0.29, 0.717) is 30.5 Å². The first-order chi connectivity index (χ1) is 11.8. The summed E-state index contributed by atoms with van der Waals surface area (Å²) >= 11 is 0. The Morgan fingerprint density at radius 2 is 1.96 bits per heavy atom. The van der Waals surface area contributed by atoms with E-state index in [9.17, 15) is 9.59 Å². The van der Waals surface area contributed by atoms with Gasteiger partial charge in [0.15, 0.2) is 0 Å². The summed E-state index contributed by atoms with van der Waals surface area (Å²) in [6, 6.07) is 3.42. The third-order valence-corrected chi connectivity index (χ3v) is 3.34. The van der Waals surface area contributed by atoms with Gasteiger partial charge in [0.25, 0.3) is 5.91 Å². The van der Waals surface area contributed by atoms with Crippen molar-refractivity contribution in [3.63, 3.8) is 0 Å². The number of hydrogen-bond acceptors (Lipinski definition) is 5. The zero-order valence-corrected chi connectivity index (χ0v) is 15.8. The highest BCUT2D eigenvalue weighted by Gasteiger charge is 2.18. The Bertz CT molecular complexity index is 561. The molecular formula is C18H30N4O3. The predicted molar refractivity (Wildman–Crippen MR) is 98.7 cm³/mol. The van der Waals surface area contributed by atoms with Crippen LogP contribution in [0.3, 0.4) is 0 Å². The molecule has 0 saturated heterocycles. The maximum atomic E-state index is 12.5. The van der Waals surface area contributed by atoms with Gasteiger partial charge >= 0.3 is 6.09 Å². The molecule has 1 heterocycles. The first-order valence-corrected chi connectivity index (χ1v) is 8.76. The Hall–Kier alpha value is -2.31. The number of nitrogens with zero attached hydrogens (tertiary/aromatic N) is 1. The summed E-state index contributed by atoms with van der Waals surface area (Å²) in [5, 5.41) is 8.83. The molecule has 1 rings (SSSR count). The van der Waals surface area contributed by atoms with E-state index >= 15 is 0 Å². The van der Waals surface area contributed by atoms with E-state index in [1.165, 1.54) is 0 Å². The highest BCUT2D eigenvalue weighted by atomic mass is 16.5. The molecule has 1 atom stereocenters. The standard InChI is InChI=1S/C18H30N4O3/c1-6-25-18(24)22-14(10-12(2)3)11-20-17(23)15-8-7-9-19-16(15)21-13(4)5/h7-9,12-14H,6,10-11H2,1-5H3,(H,19,21)(H,20,23)(H,22,24)/t14-/m1/s1. The largest absolute Gasteiger partial charge is 0.450 e. The van der Waals surface area contributed by atoms with Crippen molar-refractivity contribution in [1.82, 2.24) is 15.6 Å². The van der Waals surface area contributed by atoms with Crippen molar-refractivity contribution >= 4 is 17.8 Å². The zero-order chi connectivity index (χ0) is 18.8. The zero-order valence-electron chi connectivity index (χ0n) is 15.8. The summed E-state index contributed by atoms with van der Waals surface area (Å²) in [5.41, 5.74) is 0.482. The van der Waals surface area contributed by atoms with Crippen LogP contribution in [0.15, 0.2) is 18.3 Å². The molecule has 0 unspecified atom stereocenters. The number of pyridine rings is 1. The average Bonchev–Trinajstić information content (AvgIpc) is 2.52. The maximum Gasteiger partial charge on any atom is 0.407 e. The molecule has 140 valence electrons. The first-order valence-electron chi connectivity index (χ1n) is 8.76. The van der Waals surface area contributed by atoms with E-state index < -0.39 is 6.09 Å². The molecule has 0 saturated carbocycles. The van der Waals surface area contributed by atoms with Crippen molar-refractivity contribution in [1.29, 1.82) is 0 Å². The number of carbonyl (C=O) groups excluding carboxylic acids is 2. The molecule has 0 aliphatic rings. The highest BCUT2D eigenvalue weighted by molar-refractivity contribution is 5.98. The van der Waals surface area contributed by atoms with E-state index in [0.717, 1.165) is 6.42 Å². The van der Waals surface area contributed by atoms with Crippen molar-refractivity contribution in [2.24, 2.45) is 5.92 Å². The smallest absolute Gasteiger partial charge is 0.407 e. The van der Waals surface area contributed by atoms with Gasteiger partial charge in [-0.15, -0.1) is 0 Å². The second-order valence-corrected chi connectivity index (χ2v) is 6.60. The number of anilines is 1. The minimum atomic E-state index is -0.467. The highest BCUT2D eigenvalue weighted by Crippen LogP contribution is 2.13. The first kappa shape index (κ1) is 20.7. The van der Waals surface area contributed by atoms with Crippen LogP contribution in [-0.2, 0) is 4.74 Å². The average molecular weight is 350 g/mol. The summed E-state index contributed by atoms with van der Waals surface area (Å²) in [6.45, 7) is 10.5. The van der Waals surface area contributed by atoms with Crippen LogP contribution in [0.25, 0.3) is 0 Å². The van der Waals surface area contributed by atoms with Gasteiger partial charge in [0.05, 0.1) is 12.2 Å². The van der Waals surface area contributed by atoms with Crippen LogP contribution in [0.5, 0.6) is 0 Å². The van der Waals surface area contributed by atoms with E-state index in [1.807, 2.05) is 13.8 Å². The molecular weight excluding hydrogens is 320 g/mol. The number of alkyl carbamates (subject to hydrolysis) is 1. The molecule has 7 heteroatoms. The van der Waals surface area contributed by atoms with E-state index in [4.69, 9.17) is 4.74 Å². The molecule has 0 aromatic carbocycles. The Morgan fingerprint density at radius 3 is 2.56 bits per heavy atom. The van der Waals surface area contributed by atoms with Crippen LogP contribution in [0, 0.1) is 5.92 Å². The van der Waals surface area contributed by atoms with E-state index in [1.54, 1.807) is 25.3 Å². The van der Waals surface area contributed by atoms with Crippen LogP contribution < -0.4 is 16.0 Å². The number of rotatable bonds is 9. The second kappa shape index (κ2) is 10.5. The van der Waals surface area contributed by atoms with Crippen LogP contribution in [0.2, 0.25) is 0 Å². The Labute approximate surface area is 149 Å². The molecule has 3 N–H and O–H groups in total. The van der Waals surface area contributed by atoms with Gasteiger partial charge in [-0.05, 0) is 45.2 Å². The number of ether oxygens (including phenoxy) is 1. The second-order valence-electron chi connectivity index (χ2n) is 6.60. The molecule has 25 heavy (non-hydrogen) atoms. The fourth-order valence-corrected chi connectivity index (χ4v) is 2.39. The monoisotopic (exact) mass is 350 g/mol. The van der Waals surface area contributed by atoms with Crippen molar-refractivity contribution in [3.8, 4) is 0 Å². The van der Waals surface area contributed by atoms with Gasteiger partial charge in [0.2, 0.25) is 0 Å². The maximum absolute atomic E-state index is 12.5. The van der Waals surface area contributed by atoms with Crippen molar-refractivity contribution in [3.05, 3.63) is 23.9 Å². The van der Waals surface area contributed by atoms with Gasteiger partial charge < -0.3 is 20.7 Å². The van der Waals surface area contributed by atoms with Crippen molar-refractivity contribution in [2.75, 3.05) is 18.5 Å². The molecule has 2 amide bonds. The molecule has 0 spiro atoms. The fraction of sp³-hybridized carbons (Fsp3) is 0.611. The molecule has 1 aromatic heterocycles. The molecule has 7 nitrogen and oxygen atoms in total. The van der Waals surface area contributed by atoms with Crippen LogP contribution in [-0.4, -0.2) is 42.2 Å². The van der Waals surface area contributed by atoms with Gasteiger partial charge in [-0.3, -0.25) is 4.79 Å². The summed E-state index contributed by atoms with van der Waals surface area (Å²) in [7, 11) is 0. The van der Waals surface area contributed by atoms with Gasteiger partial charge in [-0.2, -0.15) is 0 Å². The van der Waals surface area contributed by atoms with Gasteiger partial charge in [-0.25, -0.2) is 9.78 Å². The van der Waals surface area contributed by atoms with Crippen molar-refractivity contribution < 1.29 is 14.3 Å². The minimum absolute atomic E-state index is 0.167. The minimum Gasteiger partial charge on any atom is -0.450 e. The van der Waals surface area contributed by atoms with Crippen LogP contribution in [0.4, 0.5) is 10.6 Å². The number of carbonyl (C=O) groups is 2. The number of aromatic nitrogens is 1. The normalized spacial score (nSPS) is 12.0. The molecule has 0 fully saturated rings. The lowest BCUT2D eigenvalue weighted by atomic mass is 10.0. The van der Waals surface area contributed by atoms with Crippen LogP contribution in [0.1, 0.15) is 51.4 Å². The Kier molecular flexibility index (Phi) is 8.74. The lowest BCUT2D eigenvalue weighted by Crippen LogP contribution is -2.44. The molecule has 0 bridgehead atoms. The fourth-order valence-electron chi connectivity index (χ4n) is 2.39. The summed E-state index contributed by atoms with van der Waals surface area (Å²) < 4.78 is 4.93. The van der Waals surface area contributed by atoms with Crippen LogP contribution >= 0.6 is 0 Å². The Balaban J connectivity index is 2.72. The molecule has 0 aliphatic heterocycles. The Morgan fingerprint density at radius 1 is 1.24 bits per heavy atom. The topological polar surface area (TPSA) is 92.4 Å². The van der Waals surface area contributed by atoms with Crippen molar-refractivity contribution in [2.45, 2.75) is 53.1 Å². The summed E-state index contributed by atoms with van der Waals surface area (Å²) in [5.74, 6) is 0.699. The van der Waals surface area contributed by atoms with E-state index in [2.05, 4.69) is 34.8 Å². The lowest BCUT2D eigenvalue weighted by molar-refractivity contribution is 0.0945. The van der Waals surface area contributed by atoms with Gasteiger partial charge in [-0.1, -0.05) is 13.8 Å². The number of hydrogen-bond donors (Lipinski definition) is 3. The third-order valence-electron chi connectivity index (χ3n) is 3.34. The summed E-state index contributed by atoms with van der Waals surface area (Å²) in [4.78, 5) is 28.4. The molecule has 0 radical (unpaired) electrons. The van der Waals surface area contributed by atoms with E-state index in [-0.39, 0.29) is 18.0 Å². The number of nitrogens with one attached hydrogen (secondary N) is 3. The van der Waals surface area contributed by atoms with Gasteiger partial charge in [0.1, 0.15) is 5.82 Å². The molecule has 1 aromatic rings. The van der Waals surface area contributed by atoms with Gasteiger partial charge in [0, 0.05) is 24.8 Å². The molecule has 0 aliphatic carbocycles.